The van der Waals surface area contributed by atoms with E-state index >= 15 is 4.39 Å². The average Bonchev–Trinajstić information content (AvgIpc) is 2.86. The topological polar surface area (TPSA) is 49.4 Å². The van der Waals surface area contributed by atoms with Crippen molar-refractivity contribution in [1.82, 2.24) is 0 Å². The van der Waals surface area contributed by atoms with Crippen LogP contribution in [0.3, 0.4) is 0 Å². The number of carbonyl (C=O) groups is 2. The maximum Gasteiger partial charge on any atom is 0.435 e. The van der Waals surface area contributed by atoms with Crippen molar-refractivity contribution in [3.63, 3.8) is 0 Å². The van der Waals surface area contributed by atoms with Crippen molar-refractivity contribution in [3.8, 4) is 0 Å². The minimum absolute atomic E-state index is 0.132. The number of carbonyl (C=O) groups excluding carboxylic acids is 2. The van der Waals surface area contributed by atoms with Crippen molar-refractivity contribution < 1.29 is 57.9 Å². The fourth-order valence-electron chi connectivity index (χ4n) is 3.95. The molecule has 0 saturated heterocycles. The van der Waals surface area contributed by atoms with Crippen LogP contribution < -0.4 is 10.2 Å². The number of rotatable bonds is 5. The van der Waals surface area contributed by atoms with E-state index in [4.69, 9.17) is 0 Å². The molecular weight excluding hydrogens is 788 g/mol. The highest BCUT2D eigenvalue weighted by Crippen LogP contribution is 2.54. The first kappa shape index (κ1) is 34.5. The summed E-state index contributed by atoms with van der Waals surface area (Å²) in [7, 11) is 1.15. The lowest BCUT2D eigenvalue weighted by Crippen LogP contribution is -2.50. The molecule has 0 aliphatic carbocycles. The zero-order chi connectivity index (χ0) is 32.9. The first-order chi connectivity index (χ1) is 19.5. The van der Waals surface area contributed by atoms with E-state index in [1.165, 1.54) is 12.1 Å². The van der Waals surface area contributed by atoms with Gasteiger partial charge in [0.2, 0.25) is 0 Å². The summed E-state index contributed by atoms with van der Waals surface area (Å²) in [5, 5.41) is 1.65. The third kappa shape index (κ3) is 6.61. The van der Waals surface area contributed by atoms with Crippen LogP contribution in [-0.2, 0) is 11.8 Å². The molecule has 3 aromatic rings. The molecule has 43 heavy (non-hydrogen) atoms. The predicted octanol–water partition coefficient (Wildman–Crippen LogP) is 9.34. The molecule has 0 aliphatic rings. The molecule has 0 atom stereocenters. The van der Waals surface area contributed by atoms with E-state index in [-0.39, 0.29) is 11.6 Å². The summed E-state index contributed by atoms with van der Waals surface area (Å²) in [6, 6.07) is 6.64. The highest BCUT2D eigenvalue weighted by molar-refractivity contribution is 14.1. The molecule has 0 unspecified atom stereocenters. The van der Waals surface area contributed by atoms with Gasteiger partial charge in [-0.3, -0.25) is 9.59 Å². The fraction of sp³-hybridized carbons (Fsp3) is 0.231. The Morgan fingerprint density at radius 2 is 1.44 bits per heavy atom. The molecule has 232 valence electrons. The van der Waals surface area contributed by atoms with E-state index in [1.54, 1.807) is 11.4 Å². The van der Waals surface area contributed by atoms with Gasteiger partial charge < -0.3 is 10.2 Å². The molecule has 2 amide bonds. The van der Waals surface area contributed by atoms with Crippen molar-refractivity contribution in [3.05, 3.63) is 90.2 Å². The number of alkyl halides is 10. The van der Waals surface area contributed by atoms with Crippen LogP contribution in [0.25, 0.3) is 0 Å². The summed E-state index contributed by atoms with van der Waals surface area (Å²) < 4.78 is 152. The van der Waals surface area contributed by atoms with Crippen LogP contribution in [0.5, 0.6) is 0 Å². The van der Waals surface area contributed by atoms with E-state index in [0.717, 1.165) is 30.1 Å². The van der Waals surface area contributed by atoms with Gasteiger partial charge in [0.1, 0.15) is 0 Å². The summed E-state index contributed by atoms with van der Waals surface area (Å²) in [6.07, 6.45) is -19.1. The molecule has 0 bridgehead atoms. The van der Waals surface area contributed by atoms with Gasteiger partial charge in [0.05, 0.1) is 28.1 Å². The molecule has 0 fully saturated rings. The number of nitrogens with one attached hydrogen (secondary N) is 1. The van der Waals surface area contributed by atoms with Gasteiger partial charge in [-0.2, -0.15) is 39.5 Å². The average molecular weight is 803 g/mol. The fourth-order valence-corrected chi connectivity index (χ4v) is 5.49. The van der Waals surface area contributed by atoms with E-state index in [1.807, 2.05) is 22.6 Å². The number of anilines is 2. The normalized spacial score (nSPS) is 12.7. The van der Waals surface area contributed by atoms with Crippen molar-refractivity contribution in [1.29, 1.82) is 0 Å². The van der Waals surface area contributed by atoms with E-state index in [2.05, 4.69) is 15.9 Å². The predicted molar refractivity (Wildman–Crippen MR) is 145 cm³/mol. The largest absolute Gasteiger partial charge is 0.435 e. The Bertz CT molecular complexity index is 1570. The minimum atomic E-state index is -6.70. The summed E-state index contributed by atoms with van der Waals surface area (Å²) in [4.78, 5) is 26.7. The second-order valence-electron chi connectivity index (χ2n) is 8.95. The second-order valence-corrected chi connectivity index (χ2v) is 11.0. The monoisotopic (exact) mass is 802 g/mol. The summed E-state index contributed by atoms with van der Waals surface area (Å²) >= 11 is 5.07. The molecule has 0 saturated carbocycles. The van der Waals surface area contributed by atoms with Gasteiger partial charge in [0.25, 0.3) is 11.8 Å². The molecule has 0 spiro atoms. The summed E-state index contributed by atoms with van der Waals surface area (Å²) in [6.45, 7) is 0.598. The molecular formula is C26H15BrF11IN2O2. The van der Waals surface area contributed by atoms with Gasteiger partial charge in [0.15, 0.2) is 5.82 Å². The maximum atomic E-state index is 15.4. The van der Waals surface area contributed by atoms with Gasteiger partial charge in [-0.05, 0) is 71.5 Å². The summed E-state index contributed by atoms with van der Waals surface area (Å²) in [5.41, 5.74) is -14.5. The van der Waals surface area contributed by atoms with Crippen LogP contribution in [0, 0.1) is 16.3 Å². The number of halogens is 13. The van der Waals surface area contributed by atoms with Gasteiger partial charge in [-0.1, -0.05) is 28.1 Å². The first-order valence-electron chi connectivity index (χ1n) is 11.4. The Labute approximate surface area is 257 Å². The third-order valence-corrected chi connectivity index (χ3v) is 7.49. The van der Waals surface area contributed by atoms with Crippen LogP contribution in [0.15, 0.2) is 53.0 Å². The zero-order valence-electron chi connectivity index (χ0n) is 21.3. The number of aryl methyl sites for hydroxylation is 1. The smallest absolute Gasteiger partial charge is 0.321 e. The molecule has 0 radical (unpaired) electrons. The lowest BCUT2D eigenvalue weighted by atomic mass is 9.90. The third-order valence-electron chi connectivity index (χ3n) is 6.11. The minimum Gasteiger partial charge on any atom is -0.321 e. The molecule has 1 N–H and O–H groups in total. The highest BCUT2D eigenvalue weighted by Gasteiger charge is 2.73. The van der Waals surface area contributed by atoms with E-state index in [9.17, 15) is 53.5 Å². The Hall–Kier alpha value is -2.96. The van der Waals surface area contributed by atoms with Crippen LogP contribution in [0.4, 0.5) is 59.7 Å². The molecule has 17 heteroatoms. The molecule has 0 aromatic heterocycles. The first-order valence-corrected chi connectivity index (χ1v) is 13.3. The van der Waals surface area contributed by atoms with Crippen LogP contribution in [0.1, 0.15) is 37.4 Å². The van der Waals surface area contributed by atoms with Crippen LogP contribution >= 0.6 is 38.5 Å². The highest BCUT2D eigenvalue weighted by atomic mass is 127. The van der Waals surface area contributed by atoms with Gasteiger partial charge in [-0.15, -0.1) is 0 Å². The van der Waals surface area contributed by atoms with Gasteiger partial charge in [0, 0.05) is 20.7 Å². The van der Waals surface area contributed by atoms with Crippen molar-refractivity contribution in [2.24, 2.45) is 0 Å². The lowest BCUT2D eigenvalue weighted by molar-refractivity contribution is -0.348. The molecule has 3 aromatic carbocycles. The second kappa shape index (κ2) is 11.9. The Morgan fingerprint density at radius 3 is 1.95 bits per heavy atom. The zero-order valence-corrected chi connectivity index (χ0v) is 25.0. The van der Waals surface area contributed by atoms with Crippen molar-refractivity contribution in [2.45, 2.75) is 31.1 Å². The van der Waals surface area contributed by atoms with E-state index in [0.29, 0.717) is 15.0 Å². The van der Waals surface area contributed by atoms with Gasteiger partial charge in [-0.25, -0.2) is 8.78 Å². The summed E-state index contributed by atoms with van der Waals surface area (Å²) in [5.74, 6) is -3.72. The van der Waals surface area contributed by atoms with Crippen molar-refractivity contribution in [2.75, 3.05) is 17.3 Å². The van der Waals surface area contributed by atoms with Crippen LogP contribution in [-0.4, -0.2) is 31.2 Å². The quantitative estimate of drug-likeness (QED) is 0.207. The maximum absolute atomic E-state index is 15.4. The SMILES string of the molecule is Cc1cc(C(F)(C(F)(F)F)C(F)(F)F)cc(C(F)(F)F)c1NC(=O)c1cccc(N(C)C(=O)c2ccc(Br)cc2I)c1F. The Morgan fingerprint density at radius 1 is 0.860 bits per heavy atom. The van der Waals surface area contributed by atoms with Gasteiger partial charge >= 0.3 is 24.2 Å². The van der Waals surface area contributed by atoms with Crippen molar-refractivity contribution >= 4 is 61.7 Å². The number of nitrogens with zero attached hydrogens (tertiary/aromatic N) is 1. The lowest BCUT2D eigenvalue weighted by Gasteiger charge is -2.31. The Balaban J connectivity index is 2.08. The standard InChI is InChI=1S/C26H15BrF11IN2O2/c1-11-8-12(23(29,25(33,34)35)26(36,37)38)9-16(24(30,31)32)20(11)40-21(42)15-4-3-5-18(19(15)28)41(2)22(43)14-7-6-13(27)10-17(14)39/h3-10H,1-2H3,(H,40,42). The van der Waals surface area contributed by atoms with Crippen LogP contribution in [0.2, 0.25) is 0 Å². The molecule has 0 heterocycles. The molecule has 4 nitrogen and oxygen atoms in total. The molecule has 0 aliphatic heterocycles. The van der Waals surface area contributed by atoms with E-state index < -0.39 is 81.5 Å². The number of hydrogen-bond donors (Lipinski definition) is 1. The number of hydrogen-bond acceptors (Lipinski definition) is 2. The molecule has 3 rings (SSSR count). The number of benzene rings is 3. The number of amides is 2. The Kier molecular flexibility index (Phi) is 9.52.